The minimum atomic E-state index is -1.03. The summed E-state index contributed by atoms with van der Waals surface area (Å²) in [5.41, 5.74) is 2.44. The van der Waals surface area contributed by atoms with Gasteiger partial charge in [-0.15, -0.1) is 0 Å². The Morgan fingerprint density at radius 1 is 1.35 bits per heavy atom. The predicted molar refractivity (Wildman–Crippen MR) is 77.3 cm³/mol. The Balaban J connectivity index is 2.23. The first-order valence-corrected chi connectivity index (χ1v) is 7.01. The normalized spacial score (nSPS) is 12.6. The van der Waals surface area contributed by atoms with Crippen molar-refractivity contribution in [1.82, 2.24) is 4.57 Å². The fourth-order valence-electron chi connectivity index (χ4n) is 2.55. The van der Waals surface area contributed by atoms with Crippen LogP contribution in [0.25, 0.3) is 0 Å². The third-order valence-corrected chi connectivity index (χ3v) is 3.65. The summed E-state index contributed by atoms with van der Waals surface area (Å²) in [4.78, 5) is 10.8. The van der Waals surface area contributed by atoms with E-state index in [9.17, 15) is 4.79 Å². The van der Waals surface area contributed by atoms with E-state index in [1.54, 1.807) is 6.07 Å². The van der Waals surface area contributed by atoms with Gasteiger partial charge in [-0.1, -0.05) is 20.3 Å². The lowest BCUT2D eigenvalue weighted by Crippen LogP contribution is -2.08. The summed E-state index contributed by atoms with van der Waals surface area (Å²) in [5, 5.41) is 8.89. The topological polar surface area (TPSA) is 55.4 Å². The lowest BCUT2D eigenvalue weighted by Gasteiger charge is -2.15. The fourth-order valence-corrected chi connectivity index (χ4v) is 2.55. The average molecular weight is 275 g/mol. The number of hydrogen-bond acceptors (Lipinski definition) is 2. The van der Waals surface area contributed by atoms with Gasteiger partial charge in [0, 0.05) is 11.4 Å². The van der Waals surface area contributed by atoms with Crippen LogP contribution in [0.1, 0.15) is 60.3 Å². The number of carboxylic acid groups (broad SMARTS) is 1. The maximum Gasteiger partial charge on any atom is 0.371 e. The molecule has 0 aliphatic carbocycles. The van der Waals surface area contributed by atoms with Crippen LogP contribution in [0, 0.1) is 6.92 Å². The molecule has 0 aliphatic rings. The third kappa shape index (κ3) is 2.95. The van der Waals surface area contributed by atoms with E-state index in [-0.39, 0.29) is 5.76 Å². The molecule has 0 aliphatic heterocycles. The molecule has 20 heavy (non-hydrogen) atoms. The second-order valence-corrected chi connectivity index (χ2v) is 5.25. The Bertz CT molecular complexity index is 595. The molecule has 0 saturated carbocycles. The van der Waals surface area contributed by atoms with Crippen LogP contribution in [0.15, 0.2) is 28.7 Å². The molecule has 0 fully saturated rings. The molecular formula is C16H21NO3. The number of nitrogens with zero attached hydrogens (tertiary/aromatic N) is 1. The van der Waals surface area contributed by atoms with E-state index in [1.165, 1.54) is 11.8 Å². The Morgan fingerprint density at radius 2 is 2.10 bits per heavy atom. The summed E-state index contributed by atoms with van der Waals surface area (Å²) in [6.45, 7) is 7.04. The SMILES string of the molecule is CCCC(C)c1ccc(C)n1Cc1ccc(C(=O)O)o1. The third-order valence-electron chi connectivity index (χ3n) is 3.65. The maximum atomic E-state index is 10.8. The molecule has 2 rings (SSSR count). The van der Waals surface area contributed by atoms with E-state index in [2.05, 4.69) is 37.5 Å². The maximum absolute atomic E-state index is 10.8. The highest BCUT2D eigenvalue weighted by Crippen LogP contribution is 2.24. The second-order valence-electron chi connectivity index (χ2n) is 5.25. The van der Waals surface area contributed by atoms with Crippen molar-refractivity contribution in [3.8, 4) is 0 Å². The first-order chi connectivity index (χ1) is 9.52. The molecule has 0 aromatic carbocycles. The summed E-state index contributed by atoms with van der Waals surface area (Å²) in [6.07, 6.45) is 2.29. The summed E-state index contributed by atoms with van der Waals surface area (Å²) in [6, 6.07) is 7.49. The summed E-state index contributed by atoms with van der Waals surface area (Å²) >= 11 is 0. The fraction of sp³-hybridized carbons (Fsp3) is 0.438. The Labute approximate surface area is 119 Å². The van der Waals surface area contributed by atoms with Gasteiger partial charge in [0.2, 0.25) is 5.76 Å². The highest BCUT2D eigenvalue weighted by Gasteiger charge is 2.14. The Kier molecular flexibility index (Phi) is 4.32. The van der Waals surface area contributed by atoms with E-state index in [0.717, 1.165) is 18.5 Å². The van der Waals surface area contributed by atoms with Crippen molar-refractivity contribution in [3.63, 3.8) is 0 Å². The van der Waals surface area contributed by atoms with Crippen LogP contribution in [-0.4, -0.2) is 15.6 Å². The number of rotatable bonds is 6. The van der Waals surface area contributed by atoms with Gasteiger partial charge >= 0.3 is 5.97 Å². The number of furan rings is 1. The highest BCUT2D eigenvalue weighted by molar-refractivity contribution is 5.84. The predicted octanol–water partition coefficient (Wildman–Crippen LogP) is 4.04. The van der Waals surface area contributed by atoms with Crippen LogP contribution in [0.5, 0.6) is 0 Å². The van der Waals surface area contributed by atoms with Crippen molar-refractivity contribution in [2.24, 2.45) is 0 Å². The van der Waals surface area contributed by atoms with E-state index in [1.807, 2.05) is 0 Å². The monoisotopic (exact) mass is 275 g/mol. The zero-order valence-corrected chi connectivity index (χ0v) is 12.2. The van der Waals surface area contributed by atoms with Crippen LogP contribution >= 0.6 is 0 Å². The first-order valence-electron chi connectivity index (χ1n) is 7.01. The molecule has 0 bridgehead atoms. The minimum Gasteiger partial charge on any atom is -0.475 e. The smallest absolute Gasteiger partial charge is 0.371 e. The van der Waals surface area contributed by atoms with Crippen LogP contribution in [0.3, 0.4) is 0 Å². The van der Waals surface area contributed by atoms with Gasteiger partial charge < -0.3 is 14.1 Å². The molecular weight excluding hydrogens is 254 g/mol. The zero-order chi connectivity index (χ0) is 14.7. The summed E-state index contributed by atoms with van der Waals surface area (Å²) in [5.74, 6) is 0.127. The molecule has 4 nitrogen and oxygen atoms in total. The van der Waals surface area contributed by atoms with E-state index >= 15 is 0 Å². The first kappa shape index (κ1) is 14.4. The van der Waals surface area contributed by atoms with Gasteiger partial charge in [-0.2, -0.15) is 0 Å². The van der Waals surface area contributed by atoms with Crippen molar-refractivity contribution >= 4 is 5.97 Å². The molecule has 0 radical (unpaired) electrons. The number of aromatic nitrogens is 1. The van der Waals surface area contributed by atoms with Gasteiger partial charge in [-0.05, 0) is 43.5 Å². The highest BCUT2D eigenvalue weighted by atomic mass is 16.4. The molecule has 1 atom stereocenters. The van der Waals surface area contributed by atoms with Gasteiger partial charge in [0.25, 0.3) is 0 Å². The van der Waals surface area contributed by atoms with Crippen molar-refractivity contribution in [3.05, 3.63) is 47.2 Å². The molecule has 0 spiro atoms. The number of hydrogen-bond donors (Lipinski definition) is 1. The van der Waals surface area contributed by atoms with Crippen molar-refractivity contribution in [2.45, 2.75) is 46.1 Å². The van der Waals surface area contributed by atoms with Gasteiger partial charge in [-0.3, -0.25) is 0 Å². The van der Waals surface area contributed by atoms with Gasteiger partial charge in [0.15, 0.2) is 0 Å². The zero-order valence-electron chi connectivity index (χ0n) is 12.2. The lowest BCUT2D eigenvalue weighted by atomic mass is 10.0. The molecule has 2 aromatic heterocycles. The molecule has 0 amide bonds. The number of aromatic carboxylic acids is 1. The Morgan fingerprint density at radius 3 is 2.70 bits per heavy atom. The molecule has 2 heterocycles. The minimum absolute atomic E-state index is 0.00651. The lowest BCUT2D eigenvalue weighted by molar-refractivity contribution is 0.0660. The molecule has 0 saturated heterocycles. The quantitative estimate of drug-likeness (QED) is 0.865. The number of aryl methyl sites for hydroxylation is 1. The molecule has 1 N–H and O–H groups in total. The molecule has 4 heteroatoms. The molecule has 1 unspecified atom stereocenters. The van der Waals surface area contributed by atoms with Crippen molar-refractivity contribution in [2.75, 3.05) is 0 Å². The van der Waals surface area contributed by atoms with Crippen LogP contribution in [0.4, 0.5) is 0 Å². The van der Waals surface area contributed by atoms with Gasteiger partial charge in [0.1, 0.15) is 5.76 Å². The molecule has 108 valence electrons. The van der Waals surface area contributed by atoms with E-state index < -0.39 is 5.97 Å². The number of carbonyl (C=O) groups is 1. The van der Waals surface area contributed by atoms with Crippen LogP contribution in [0.2, 0.25) is 0 Å². The van der Waals surface area contributed by atoms with Crippen LogP contribution in [-0.2, 0) is 6.54 Å². The van der Waals surface area contributed by atoms with Crippen LogP contribution < -0.4 is 0 Å². The van der Waals surface area contributed by atoms with Gasteiger partial charge in [0.05, 0.1) is 6.54 Å². The molecule has 2 aromatic rings. The Hall–Kier alpha value is -1.97. The van der Waals surface area contributed by atoms with Gasteiger partial charge in [-0.25, -0.2) is 4.79 Å². The summed E-state index contributed by atoms with van der Waals surface area (Å²) in [7, 11) is 0. The van der Waals surface area contributed by atoms with Crippen molar-refractivity contribution < 1.29 is 14.3 Å². The van der Waals surface area contributed by atoms with Crippen molar-refractivity contribution in [1.29, 1.82) is 0 Å². The number of carboxylic acids is 1. The standard InChI is InChI=1S/C16H21NO3/c1-4-5-11(2)14-8-6-12(3)17(14)10-13-7-9-15(20-13)16(18)19/h6-9,11H,4-5,10H2,1-3H3,(H,18,19). The van der Waals surface area contributed by atoms with E-state index in [4.69, 9.17) is 9.52 Å². The summed E-state index contributed by atoms with van der Waals surface area (Å²) < 4.78 is 7.55. The second kappa shape index (κ2) is 5.99. The average Bonchev–Trinajstić information content (AvgIpc) is 2.99. The van der Waals surface area contributed by atoms with E-state index in [0.29, 0.717) is 18.2 Å². The largest absolute Gasteiger partial charge is 0.475 e.